The van der Waals surface area contributed by atoms with Crippen LogP contribution in [-0.2, 0) is 29.9 Å². The van der Waals surface area contributed by atoms with E-state index in [2.05, 4.69) is 72.8 Å². The Morgan fingerprint density at radius 1 is 0.556 bits per heavy atom. The Balaban J connectivity index is 0.00000180. The molecule has 8 bridgehead atoms. The monoisotopic (exact) mass is 395 g/mol. The van der Waals surface area contributed by atoms with Gasteiger partial charge in [-0.2, -0.15) is 36.4 Å². The van der Waals surface area contributed by atoms with Crippen LogP contribution in [-0.4, -0.2) is 9.97 Å². The van der Waals surface area contributed by atoms with E-state index in [4.69, 9.17) is 9.97 Å². The summed E-state index contributed by atoms with van der Waals surface area (Å²) in [7, 11) is 0. The summed E-state index contributed by atoms with van der Waals surface area (Å²) in [6, 6.07) is 31.9. The first-order valence-electron chi connectivity index (χ1n) is 8.78. The molecule has 2 aromatic heterocycles. The predicted octanol–water partition coefficient (Wildman–Crippen LogP) is 4.90. The molecule has 0 aliphatic carbocycles. The number of nitrogens with zero attached hydrogens (tertiary/aromatic N) is 2. The molecule has 4 aromatic rings. The molecule has 0 N–H and O–H groups in total. The number of aromatic nitrogens is 2. The second-order valence-corrected chi connectivity index (χ2v) is 6.56. The topological polar surface area (TPSA) is 25.8 Å². The maximum absolute atomic E-state index is 4.83. The van der Waals surface area contributed by atoms with Gasteiger partial charge in [0.1, 0.15) is 0 Å². The van der Waals surface area contributed by atoms with Gasteiger partial charge in [0.15, 0.2) is 0 Å². The Hall–Kier alpha value is -2.74. The summed E-state index contributed by atoms with van der Waals surface area (Å²) >= 11 is 0. The molecule has 3 heterocycles. The number of rotatable bonds is 0. The van der Waals surface area contributed by atoms with Crippen LogP contribution in [0.5, 0.6) is 0 Å². The van der Waals surface area contributed by atoms with E-state index < -0.39 is 0 Å². The fourth-order valence-corrected chi connectivity index (χ4v) is 3.39. The zero-order valence-electron chi connectivity index (χ0n) is 14.5. The van der Waals surface area contributed by atoms with Crippen molar-refractivity contribution in [1.29, 1.82) is 0 Å². The third kappa shape index (κ3) is 3.71. The molecule has 0 saturated heterocycles. The first-order chi connectivity index (χ1) is 12.8. The van der Waals surface area contributed by atoms with Gasteiger partial charge in [0, 0.05) is 11.4 Å². The maximum Gasteiger partial charge on any atom is 2.00 e. The summed E-state index contributed by atoms with van der Waals surface area (Å²) in [5, 5.41) is 0. The van der Waals surface area contributed by atoms with Gasteiger partial charge in [-0.1, -0.05) is 12.1 Å². The fraction of sp³-hybridized carbons (Fsp3) is 0.0833. The van der Waals surface area contributed by atoms with Crippen LogP contribution in [0.4, 0.5) is 0 Å². The van der Waals surface area contributed by atoms with Gasteiger partial charge in [-0.25, -0.2) is 11.1 Å². The molecular weight excluding hydrogens is 380 g/mol. The molecule has 0 atom stereocenters. The second-order valence-electron chi connectivity index (χ2n) is 6.56. The standard InChI is InChI=1S/C24H16N2.Cu/c1-5-17-13-19(7-1)20-8-2-6-18(14-20)16-22-10-4-12-24(26-22)23-11-3-9-21(15-17)25-23;/h1-12H,15-16H2;/q-2;+2. The Kier molecular flexibility index (Phi) is 4.89. The summed E-state index contributed by atoms with van der Waals surface area (Å²) in [5.41, 5.74) is 8.27. The number of fused-ring (bicyclic) bond motifs is 10. The number of benzene rings is 2. The molecule has 27 heavy (non-hydrogen) atoms. The zero-order valence-corrected chi connectivity index (χ0v) is 15.5. The van der Waals surface area contributed by atoms with Crippen LogP contribution in [0, 0.1) is 12.1 Å². The summed E-state index contributed by atoms with van der Waals surface area (Å²) in [4.78, 5) is 9.65. The van der Waals surface area contributed by atoms with E-state index in [1.165, 1.54) is 0 Å². The molecule has 2 nitrogen and oxygen atoms in total. The van der Waals surface area contributed by atoms with Gasteiger partial charge in [-0.05, 0) is 37.1 Å². The Morgan fingerprint density at radius 2 is 1.00 bits per heavy atom. The first-order valence-corrected chi connectivity index (χ1v) is 8.78. The van der Waals surface area contributed by atoms with E-state index in [9.17, 15) is 0 Å². The van der Waals surface area contributed by atoms with Gasteiger partial charge < -0.3 is 0 Å². The summed E-state index contributed by atoms with van der Waals surface area (Å²) in [5.74, 6) is 0. The molecule has 1 aliphatic rings. The van der Waals surface area contributed by atoms with Crippen molar-refractivity contribution in [3.8, 4) is 22.5 Å². The van der Waals surface area contributed by atoms with Crippen molar-refractivity contribution in [1.82, 2.24) is 9.97 Å². The average molecular weight is 396 g/mol. The minimum atomic E-state index is 0. The zero-order chi connectivity index (χ0) is 17.3. The SMILES string of the molecule is [Cu+2].[c-]1c2cccc1-c1[c-]c(ccc1)Cc1cccc(n1)-c1cccc(n1)C2. The van der Waals surface area contributed by atoms with E-state index >= 15 is 0 Å². The van der Waals surface area contributed by atoms with Gasteiger partial charge in [-0.15, -0.1) is 23.3 Å². The minimum Gasteiger partial charge on any atom is -0.251 e. The quantitative estimate of drug-likeness (QED) is 0.275. The van der Waals surface area contributed by atoms with Crippen molar-refractivity contribution < 1.29 is 17.1 Å². The molecule has 1 aliphatic heterocycles. The molecule has 0 spiro atoms. The van der Waals surface area contributed by atoms with E-state index in [1.807, 2.05) is 12.1 Å². The molecule has 0 saturated carbocycles. The van der Waals surface area contributed by atoms with Gasteiger partial charge in [-0.3, -0.25) is 9.97 Å². The van der Waals surface area contributed by atoms with Crippen molar-refractivity contribution in [2.45, 2.75) is 12.8 Å². The van der Waals surface area contributed by atoms with E-state index in [-0.39, 0.29) is 17.1 Å². The minimum absolute atomic E-state index is 0. The fourth-order valence-electron chi connectivity index (χ4n) is 3.39. The van der Waals surface area contributed by atoms with Crippen LogP contribution in [0.3, 0.4) is 0 Å². The molecule has 0 unspecified atom stereocenters. The van der Waals surface area contributed by atoms with Crippen LogP contribution in [0.15, 0.2) is 72.8 Å². The van der Waals surface area contributed by atoms with Crippen molar-refractivity contribution in [2.75, 3.05) is 0 Å². The largest absolute Gasteiger partial charge is 2.00 e. The third-order valence-corrected chi connectivity index (χ3v) is 4.62. The molecule has 5 rings (SSSR count). The summed E-state index contributed by atoms with van der Waals surface area (Å²) in [6.07, 6.45) is 1.50. The van der Waals surface area contributed by atoms with Crippen molar-refractivity contribution in [3.05, 3.63) is 107 Å². The average Bonchev–Trinajstić information content (AvgIpc) is 2.68. The molecule has 1 radical (unpaired) electrons. The Labute approximate surface area is 169 Å². The smallest absolute Gasteiger partial charge is 0.251 e. The van der Waals surface area contributed by atoms with Crippen LogP contribution in [0.2, 0.25) is 0 Å². The predicted molar refractivity (Wildman–Crippen MR) is 103 cm³/mol. The maximum atomic E-state index is 4.83. The number of pyridine rings is 2. The van der Waals surface area contributed by atoms with Gasteiger partial charge in [0.05, 0.1) is 11.4 Å². The van der Waals surface area contributed by atoms with Crippen molar-refractivity contribution in [3.63, 3.8) is 0 Å². The third-order valence-electron chi connectivity index (χ3n) is 4.62. The van der Waals surface area contributed by atoms with Gasteiger partial charge in [0.2, 0.25) is 0 Å². The van der Waals surface area contributed by atoms with E-state index in [0.717, 1.165) is 57.9 Å². The molecule has 0 amide bonds. The van der Waals surface area contributed by atoms with Crippen LogP contribution in [0.1, 0.15) is 22.5 Å². The van der Waals surface area contributed by atoms with Crippen LogP contribution >= 0.6 is 0 Å². The molecule has 3 heteroatoms. The first kappa shape index (κ1) is 17.7. The van der Waals surface area contributed by atoms with Crippen LogP contribution < -0.4 is 0 Å². The van der Waals surface area contributed by atoms with Gasteiger partial charge >= 0.3 is 17.1 Å². The number of hydrogen-bond acceptors (Lipinski definition) is 2. The molecule has 0 fully saturated rings. The van der Waals surface area contributed by atoms with Crippen molar-refractivity contribution >= 4 is 0 Å². The summed E-state index contributed by atoms with van der Waals surface area (Å²) < 4.78 is 0. The van der Waals surface area contributed by atoms with Crippen molar-refractivity contribution in [2.24, 2.45) is 0 Å². The van der Waals surface area contributed by atoms with Gasteiger partial charge in [0.25, 0.3) is 0 Å². The summed E-state index contributed by atoms with van der Waals surface area (Å²) in [6.45, 7) is 0. The molecule has 2 aromatic carbocycles. The van der Waals surface area contributed by atoms with E-state index in [0.29, 0.717) is 0 Å². The number of hydrogen-bond donors (Lipinski definition) is 0. The van der Waals surface area contributed by atoms with Crippen LogP contribution in [0.25, 0.3) is 22.5 Å². The van der Waals surface area contributed by atoms with E-state index in [1.54, 1.807) is 0 Å². The molecular formula is C24H16CuN2. The second kappa shape index (κ2) is 7.48. The Bertz CT molecular complexity index is 929. The Morgan fingerprint density at radius 3 is 1.48 bits per heavy atom. The normalized spacial score (nSPS) is 11.9. The molecule has 133 valence electrons.